The molecule has 1 aromatic heterocycles. The van der Waals surface area contributed by atoms with Crippen LogP contribution >= 0.6 is 15.9 Å². The van der Waals surface area contributed by atoms with Crippen LogP contribution in [0, 0.1) is 5.41 Å². The second kappa shape index (κ2) is 6.69. The third-order valence-corrected chi connectivity index (χ3v) is 3.70. The Hall–Kier alpha value is -1.63. The minimum Gasteiger partial charge on any atom is -0.481 e. The molecule has 1 heterocycles. The number of halogens is 1. The average Bonchev–Trinajstić information content (AvgIpc) is 2.40. The zero-order valence-electron chi connectivity index (χ0n) is 11.4. The summed E-state index contributed by atoms with van der Waals surface area (Å²) in [7, 11) is 0. The number of hydrogen-bond acceptors (Lipinski definition) is 3. The molecule has 1 atom stereocenters. The van der Waals surface area contributed by atoms with Crippen LogP contribution < -0.4 is 10.9 Å². The second-order valence-electron chi connectivity index (χ2n) is 4.81. The van der Waals surface area contributed by atoms with E-state index < -0.39 is 17.3 Å². The summed E-state index contributed by atoms with van der Waals surface area (Å²) in [6.45, 7) is 3.21. The summed E-state index contributed by atoms with van der Waals surface area (Å²) in [6.07, 6.45) is 1.91. The third kappa shape index (κ3) is 4.19. The van der Waals surface area contributed by atoms with E-state index in [1.807, 2.05) is 0 Å². The summed E-state index contributed by atoms with van der Waals surface area (Å²) < 4.78 is 1.94. The number of pyridine rings is 1. The van der Waals surface area contributed by atoms with Gasteiger partial charge in [0.1, 0.15) is 6.54 Å². The van der Waals surface area contributed by atoms with Crippen LogP contribution in [0.5, 0.6) is 0 Å². The quantitative estimate of drug-likeness (QED) is 0.812. The van der Waals surface area contributed by atoms with E-state index >= 15 is 0 Å². The van der Waals surface area contributed by atoms with Gasteiger partial charge in [-0.1, -0.05) is 6.92 Å². The maximum Gasteiger partial charge on any atom is 0.311 e. The number of aromatic nitrogens is 1. The highest BCUT2D eigenvalue weighted by molar-refractivity contribution is 9.10. The van der Waals surface area contributed by atoms with Gasteiger partial charge in [0.2, 0.25) is 5.91 Å². The molecule has 1 amide bonds. The molecule has 0 aliphatic rings. The number of amides is 1. The SMILES string of the molecule is CCC(C)(CNC(=O)Cn1cc(Br)ccc1=O)C(=O)O. The van der Waals surface area contributed by atoms with Crippen LogP contribution in [0.2, 0.25) is 0 Å². The molecule has 0 aliphatic heterocycles. The number of carbonyl (C=O) groups is 2. The Morgan fingerprint density at radius 2 is 2.10 bits per heavy atom. The van der Waals surface area contributed by atoms with Gasteiger partial charge in [-0.15, -0.1) is 0 Å². The van der Waals surface area contributed by atoms with E-state index in [0.29, 0.717) is 10.9 Å². The lowest BCUT2D eigenvalue weighted by Crippen LogP contribution is -2.42. The Kier molecular flexibility index (Phi) is 5.50. The molecule has 110 valence electrons. The first-order chi connectivity index (χ1) is 9.28. The molecule has 1 rings (SSSR count). The first-order valence-corrected chi connectivity index (χ1v) is 6.94. The highest BCUT2D eigenvalue weighted by Crippen LogP contribution is 2.19. The first-order valence-electron chi connectivity index (χ1n) is 6.14. The zero-order valence-corrected chi connectivity index (χ0v) is 12.9. The van der Waals surface area contributed by atoms with Gasteiger partial charge in [-0.25, -0.2) is 0 Å². The minimum absolute atomic E-state index is 0.0282. The summed E-state index contributed by atoms with van der Waals surface area (Å²) in [6, 6.07) is 2.94. The predicted molar refractivity (Wildman–Crippen MR) is 77.4 cm³/mol. The number of carboxylic acid groups (broad SMARTS) is 1. The number of nitrogens with zero attached hydrogens (tertiary/aromatic N) is 1. The van der Waals surface area contributed by atoms with Gasteiger partial charge in [-0.2, -0.15) is 0 Å². The molecule has 20 heavy (non-hydrogen) atoms. The fourth-order valence-electron chi connectivity index (χ4n) is 1.48. The Morgan fingerprint density at radius 1 is 1.45 bits per heavy atom. The van der Waals surface area contributed by atoms with Gasteiger partial charge < -0.3 is 15.0 Å². The van der Waals surface area contributed by atoms with Gasteiger partial charge in [0.25, 0.3) is 5.56 Å². The van der Waals surface area contributed by atoms with E-state index in [-0.39, 0.29) is 18.6 Å². The van der Waals surface area contributed by atoms with Crippen LogP contribution in [0.1, 0.15) is 20.3 Å². The number of aliphatic carboxylic acids is 1. The van der Waals surface area contributed by atoms with E-state index in [1.165, 1.54) is 16.8 Å². The highest BCUT2D eigenvalue weighted by Gasteiger charge is 2.31. The van der Waals surface area contributed by atoms with Crippen molar-refractivity contribution in [2.24, 2.45) is 5.41 Å². The smallest absolute Gasteiger partial charge is 0.311 e. The van der Waals surface area contributed by atoms with Gasteiger partial charge in [0.15, 0.2) is 0 Å². The van der Waals surface area contributed by atoms with Crippen LogP contribution in [0.4, 0.5) is 0 Å². The van der Waals surface area contributed by atoms with Gasteiger partial charge in [0, 0.05) is 23.3 Å². The third-order valence-electron chi connectivity index (χ3n) is 3.23. The van der Waals surface area contributed by atoms with Crippen LogP contribution in [-0.4, -0.2) is 28.1 Å². The molecule has 0 bridgehead atoms. The molecule has 6 nitrogen and oxygen atoms in total. The van der Waals surface area contributed by atoms with Crippen molar-refractivity contribution < 1.29 is 14.7 Å². The predicted octanol–water partition coefficient (Wildman–Crippen LogP) is 1.23. The van der Waals surface area contributed by atoms with Crippen molar-refractivity contribution in [2.45, 2.75) is 26.8 Å². The molecule has 0 fully saturated rings. The van der Waals surface area contributed by atoms with Crippen molar-refractivity contribution in [2.75, 3.05) is 6.54 Å². The van der Waals surface area contributed by atoms with Crippen molar-refractivity contribution >= 4 is 27.8 Å². The lowest BCUT2D eigenvalue weighted by molar-refractivity contribution is -0.148. The van der Waals surface area contributed by atoms with Crippen molar-refractivity contribution in [1.29, 1.82) is 0 Å². The monoisotopic (exact) mass is 344 g/mol. The number of rotatable bonds is 6. The maximum atomic E-state index is 11.8. The molecule has 2 N–H and O–H groups in total. The zero-order chi connectivity index (χ0) is 15.3. The van der Waals surface area contributed by atoms with Crippen molar-refractivity contribution in [3.63, 3.8) is 0 Å². The van der Waals surface area contributed by atoms with Gasteiger partial charge >= 0.3 is 5.97 Å². The van der Waals surface area contributed by atoms with E-state index in [9.17, 15) is 14.4 Å². The molecule has 0 spiro atoms. The van der Waals surface area contributed by atoms with Gasteiger partial charge in [0.05, 0.1) is 5.41 Å². The van der Waals surface area contributed by atoms with Crippen molar-refractivity contribution in [3.05, 3.63) is 33.2 Å². The molecule has 7 heteroatoms. The minimum atomic E-state index is -1.00. The Bertz CT molecular complexity index is 570. The number of carbonyl (C=O) groups excluding carboxylic acids is 1. The summed E-state index contributed by atoms with van der Waals surface area (Å²) in [5, 5.41) is 11.7. The van der Waals surface area contributed by atoms with E-state index in [4.69, 9.17) is 5.11 Å². The number of carboxylic acids is 1. The van der Waals surface area contributed by atoms with Gasteiger partial charge in [-0.3, -0.25) is 14.4 Å². The molecule has 0 aromatic carbocycles. The van der Waals surface area contributed by atoms with Crippen molar-refractivity contribution in [3.8, 4) is 0 Å². The lowest BCUT2D eigenvalue weighted by Gasteiger charge is -2.23. The first kappa shape index (κ1) is 16.4. The van der Waals surface area contributed by atoms with Crippen molar-refractivity contribution in [1.82, 2.24) is 9.88 Å². The molecule has 0 aliphatic carbocycles. The molecule has 0 saturated carbocycles. The van der Waals surface area contributed by atoms with E-state index in [0.717, 1.165) is 0 Å². The molecule has 1 aromatic rings. The summed E-state index contributed by atoms with van der Waals surface area (Å²) in [4.78, 5) is 34.4. The molecule has 1 unspecified atom stereocenters. The topological polar surface area (TPSA) is 88.4 Å². The molecular weight excluding hydrogens is 328 g/mol. The summed E-state index contributed by atoms with van der Waals surface area (Å²) in [5.41, 5.74) is -1.29. The standard InChI is InChI=1S/C13H17BrN2O4/c1-3-13(2,12(19)20)8-15-10(17)7-16-6-9(14)4-5-11(16)18/h4-6H,3,7-8H2,1-2H3,(H,15,17)(H,19,20). The molecule has 0 saturated heterocycles. The fourth-order valence-corrected chi connectivity index (χ4v) is 1.86. The van der Waals surface area contributed by atoms with E-state index in [1.54, 1.807) is 19.9 Å². The van der Waals surface area contributed by atoms with E-state index in [2.05, 4.69) is 21.2 Å². The molecule has 0 radical (unpaired) electrons. The van der Waals surface area contributed by atoms with Crippen LogP contribution in [0.25, 0.3) is 0 Å². The van der Waals surface area contributed by atoms with Crippen LogP contribution in [-0.2, 0) is 16.1 Å². The Morgan fingerprint density at radius 3 is 2.65 bits per heavy atom. The van der Waals surface area contributed by atoms with Gasteiger partial charge in [-0.05, 0) is 35.3 Å². The highest BCUT2D eigenvalue weighted by atomic mass is 79.9. The number of nitrogens with one attached hydrogen (secondary N) is 1. The Balaban J connectivity index is 2.67. The Labute approximate surface area is 124 Å². The molecular formula is C13H17BrN2O4. The lowest BCUT2D eigenvalue weighted by atomic mass is 9.88. The fraction of sp³-hybridized carbons (Fsp3) is 0.462. The van der Waals surface area contributed by atoms with Crippen LogP contribution in [0.15, 0.2) is 27.6 Å². The summed E-state index contributed by atoms with van der Waals surface area (Å²) >= 11 is 3.22. The summed E-state index contributed by atoms with van der Waals surface area (Å²) in [5.74, 6) is -1.36. The largest absolute Gasteiger partial charge is 0.481 e. The second-order valence-corrected chi connectivity index (χ2v) is 5.73. The normalized spacial score (nSPS) is 13.6. The van der Waals surface area contributed by atoms with Crippen LogP contribution in [0.3, 0.4) is 0 Å². The number of hydrogen-bond donors (Lipinski definition) is 2. The average molecular weight is 345 g/mol. The maximum absolute atomic E-state index is 11.8.